The molecule has 26 heavy (non-hydrogen) atoms. The van der Waals surface area contributed by atoms with Gasteiger partial charge in [-0.25, -0.2) is 14.9 Å². The van der Waals surface area contributed by atoms with Crippen molar-refractivity contribution in [2.75, 3.05) is 0 Å². The highest BCUT2D eigenvalue weighted by Gasteiger charge is 2.32. The van der Waals surface area contributed by atoms with E-state index in [1.54, 1.807) is 4.90 Å². The second-order valence-corrected chi connectivity index (χ2v) is 5.87. The molecule has 0 fully saturated rings. The lowest BCUT2D eigenvalue weighted by Gasteiger charge is -2.31. The largest absolute Gasteiger partial charge is 0.315 e. The minimum atomic E-state index is -0.846. The lowest BCUT2D eigenvalue weighted by Crippen LogP contribution is -2.41. The molecule has 0 amide bonds. The molecule has 3 aliphatic rings. The van der Waals surface area contributed by atoms with E-state index in [4.69, 9.17) is 0 Å². The zero-order valence-corrected chi connectivity index (χ0v) is 13.5. The molecule has 0 saturated heterocycles. The Morgan fingerprint density at radius 2 is 1.31 bits per heavy atom. The zero-order valence-electron chi connectivity index (χ0n) is 13.5. The van der Waals surface area contributed by atoms with E-state index in [0.29, 0.717) is 0 Å². The third-order valence-electron chi connectivity index (χ3n) is 4.19. The summed E-state index contributed by atoms with van der Waals surface area (Å²) in [4.78, 5) is 18.3. The minimum Gasteiger partial charge on any atom is -0.246 e. The normalized spacial score (nSPS) is 18.0. The Bertz CT molecular complexity index is 1040. The minimum absolute atomic E-state index is 0.232. The van der Waals surface area contributed by atoms with E-state index < -0.39 is 6.09 Å². The molecule has 124 valence electrons. The predicted octanol–water partition coefficient (Wildman–Crippen LogP) is 3.78. The van der Waals surface area contributed by atoms with Crippen LogP contribution in [0.2, 0.25) is 0 Å². The number of rotatable bonds is 2. The third-order valence-corrected chi connectivity index (χ3v) is 4.19. The van der Waals surface area contributed by atoms with E-state index in [1.165, 1.54) is 0 Å². The van der Waals surface area contributed by atoms with Crippen LogP contribution >= 0.6 is 0 Å². The van der Waals surface area contributed by atoms with Gasteiger partial charge in [0.05, 0.1) is 17.1 Å². The molecule has 3 aliphatic heterocycles. The number of benzene rings is 2. The fourth-order valence-corrected chi connectivity index (χ4v) is 3.00. The SMILES string of the molecule is FC1=NC2=NC(c3ccccc3)=CC3=CC(c4ccccc4)=NC(=N1)N32. The number of guanidine groups is 2. The Hall–Kier alpha value is -3.67. The van der Waals surface area contributed by atoms with Gasteiger partial charge in [-0.3, -0.25) is 0 Å². The molecule has 0 radical (unpaired) electrons. The van der Waals surface area contributed by atoms with Crippen LogP contribution in [0.4, 0.5) is 4.39 Å². The number of hydrogen-bond acceptors (Lipinski definition) is 5. The van der Waals surface area contributed by atoms with Crippen molar-refractivity contribution in [1.82, 2.24) is 4.90 Å². The number of halogens is 1. The van der Waals surface area contributed by atoms with Gasteiger partial charge in [-0.05, 0) is 12.2 Å². The topological polar surface area (TPSA) is 52.7 Å². The third kappa shape index (κ3) is 2.39. The molecule has 0 aliphatic carbocycles. The molecule has 0 bridgehead atoms. The van der Waals surface area contributed by atoms with Crippen LogP contribution in [0.3, 0.4) is 0 Å². The van der Waals surface area contributed by atoms with Gasteiger partial charge in [0.25, 0.3) is 0 Å². The van der Waals surface area contributed by atoms with Crippen LogP contribution in [0.15, 0.2) is 98.5 Å². The molecule has 6 heteroatoms. The van der Waals surface area contributed by atoms with Gasteiger partial charge in [-0.1, -0.05) is 60.7 Å². The van der Waals surface area contributed by atoms with Crippen LogP contribution in [0.5, 0.6) is 0 Å². The van der Waals surface area contributed by atoms with Gasteiger partial charge >= 0.3 is 6.09 Å². The summed E-state index contributed by atoms with van der Waals surface area (Å²) >= 11 is 0. The molecular weight excluding hydrogens is 329 g/mol. The molecule has 0 spiro atoms. The average molecular weight is 341 g/mol. The zero-order chi connectivity index (χ0) is 17.5. The summed E-state index contributed by atoms with van der Waals surface area (Å²) < 4.78 is 13.9. The summed E-state index contributed by atoms with van der Waals surface area (Å²) in [5.41, 5.74) is 4.11. The van der Waals surface area contributed by atoms with E-state index in [-0.39, 0.29) is 11.9 Å². The number of allylic oxidation sites excluding steroid dienone is 2. The number of amidine groups is 1. The fraction of sp³-hybridized carbons (Fsp3) is 0. The highest BCUT2D eigenvalue weighted by molar-refractivity contribution is 6.23. The van der Waals surface area contributed by atoms with Crippen LogP contribution in [-0.4, -0.2) is 28.6 Å². The van der Waals surface area contributed by atoms with Crippen LogP contribution in [0.1, 0.15) is 11.1 Å². The van der Waals surface area contributed by atoms with Gasteiger partial charge < -0.3 is 0 Å². The first-order valence-electron chi connectivity index (χ1n) is 8.12. The van der Waals surface area contributed by atoms with E-state index in [1.807, 2.05) is 72.8 Å². The lowest BCUT2D eigenvalue weighted by molar-refractivity contribution is 0.706. The van der Waals surface area contributed by atoms with Gasteiger partial charge in [0, 0.05) is 11.1 Å². The van der Waals surface area contributed by atoms with Crippen molar-refractivity contribution in [2.45, 2.75) is 0 Å². The summed E-state index contributed by atoms with van der Waals surface area (Å²) in [6, 6.07) is 19.5. The van der Waals surface area contributed by atoms with Crippen molar-refractivity contribution < 1.29 is 4.39 Å². The Morgan fingerprint density at radius 1 is 0.654 bits per heavy atom. The monoisotopic (exact) mass is 341 g/mol. The lowest BCUT2D eigenvalue weighted by atomic mass is 10.0. The van der Waals surface area contributed by atoms with Crippen molar-refractivity contribution >= 4 is 29.4 Å². The molecule has 2 aromatic carbocycles. The van der Waals surface area contributed by atoms with Crippen LogP contribution in [-0.2, 0) is 0 Å². The van der Waals surface area contributed by atoms with Crippen LogP contribution in [0.25, 0.3) is 5.70 Å². The molecule has 0 aromatic heterocycles. The molecule has 2 aromatic rings. The molecule has 0 saturated carbocycles. The molecule has 5 nitrogen and oxygen atoms in total. The van der Waals surface area contributed by atoms with Crippen LogP contribution in [0, 0.1) is 0 Å². The maximum Gasteiger partial charge on any atom is 0.315 e. The summed E-state index contributed by atoms with van der Waals surface area (Å²) in [6.07, 6.45) is 3.02. The Kier molecular flexibility index (Phi) is 3.21. The summed E-state index contributed by atoms with van der Waals surface area (Å²) in [7, 11) is 0. The second-order valence-electron chi connectivity index (χ2n) is 5.87. The molecule has 5 rings (SSSR count). The maximum atomic E-state index is 13.9. The van der Waals surface area contributed by atoms with E-state index in [2.05, 4.69) is 20.0 Å². The average Bonchev–Trinajstić information content (AvgIpc) is 2.68. The number of aliphatic imine (C=N–C) groups is 4. The first-order valence-corrected chi connectivity index (χ1v) is 8.12. The standard InChI is InChI=1S/C20H12FN5/c21-18-24-19-22-16(13-7-3-1-4-8-13)11-15-12-17(14-9-5-2-6-10-14)23-20(25-18)26(15)19/h1-12H. The first kappa shape index (κ1) is 14.7. The van der Waals surface area contributed by atoms with Crippen molar-refractivity contribution in [1.29, 1.82) is 0 Å². The maximum absolute atomic E-state index is 13.9. The predicted molar refractivity (Wildman–Crippen MR) is 101 cm³/mol. The number of hydrogen-bond donors (Lipinski definition) is 0. The van der Waals surface area contributed by atoms with Gasteiger partial charge in [0.2, 0.25) is 11.9 Å². The molecule has 0 N–H and O–H groups in total. The highest BCUT2D eigenvalue weighted by Crippen LogP contribution is 2.30. The van der Waals surface area contributed by atoms with Gasteiger partial charge in [0.15, 0.2) is 0 Å². The summed E-state index contributed by atoms with van der Waals surface area (Å²) in [5.74, 6) is 0.465. The Morgan fingerprint density at radius 3 is 2.04 bits per heavy atom. The van der Waals surface area contributed by atoms with Gasteiger partial charge in [0.1, 0.15) is 0 Å². The molecule has 0 unspecified atom stereocenters. The van der Waals surface area contributed by atoms with Crippen molar-refractivity contribution in [3.63, 3.8) is 0 Å². The van der Waals surface area contributed by atoms with Crippen molar-refractivity contribution in [3.05, 3.63) is 89.6 Å². The quantitative estimate of drug-likeness (QED) is 0.767. The smallest absolute Gasteiger partial charge is 0.246 e. The van der Waals surface area contributed by atoms with Crippen LogP contribution < -0.4 is 0 Å². The van der Waals surface area contributed by atoms with Crippen molar-refractivity contribution in [3.8, 4) is 0 Å². The van der Waals surface area contributed by atoms with Crippen molar-refractivity contribution in [2.24, 2.45) is 20.0 Å². The molecule has 3 heterocycles. The second kappa shape index (κ2) is 5.70. The summed E-state index contributed by atoms with van der Waals surface area (Å²) in [5, 5.41) is 0. The van der Waals surface area contributed by atoms with E-state index >= 15 is 0 Å². The highest BCUT2D eigenvalue weighted by atomic mass is 19.1. The van der Waals surface area contributed by atoms with E-state index in [9.17, 15) is 4.39 Å². The van der Waals surface area contributed by atoms with Gasteiger partial charge in [-0.2, -0.15) is 14.4 Å². The molecular formula is C20H12FN5. The Labute approximate surface area is 149 Å². The number of nitrogens with zero attached hydrogens (tertiary/aromatic N) is 5. The Balaban J connectivity index is 1.69. The van der Waals surface area contributed by atoms with Gasteiger partial charge in [-0.15, -0.1) is 0 Å². The van der Waals surface area contributed by atoms with E-state index in [0.717, 1.165) is 28.2 Å². The summed E-state index contributed by atoms with van der Waals surface area (Å²) in [6.45, 7) is 0. The first-order chi connectivity index (χ1) is 12.8. The molecule has 0 atom stereocenters. The fourth-order valence-electron chi connectivity index (χ4n) is 3.00.